The van der Waals surface area contributed by atoms with E-state index in [1.165, 1.54) is 25.7 Å². The van der Waals surface area contributed by atoms with E-state index in [2.05, 4.69) is 21.8 Å². The van der Waals surface area contributed by atoms with Crippen LogP contribution in [0.3, 0.4) is 0 Å². The standard InChI is InChI=1S/C13H22N4/c1-11-5-3-2-4-8-17(11)13(9-14)12-6-7-15-10-16-12/h6-7,10-11,13H,2-5,8-9,14H2,1H3. The maximum atomic E-state index is 5.95. The highest BCUT2D eigenvalue weighted by molar-refractivity contribution is 5.06. The van der Waals surface area contributed by atoms with E-state index in [9.17, 15) is 0 Å². The van der Waals surface area contributed by atoms with Gasteiger partial charge in [0, 0.05) is 18.8 Å². The molecule has 0 spiro atoms. The molecule has 4 heteroatoms. The molecule has 0 bridgehead atoms. The van der Waals surface area contributed by atoms with Gasteiger partial charge in [0.1, 0.15) is 6.33 Å². The summed E-state index contributed by atoms with van der Waals surface area (Å²) in [6, 6.07) is 2.82. The third kappa shape index (κ3) is 3.01. The van der Waals surface area contributed by atoms with Gasteiger partial charge < -0.3 is 5.73 Å². The fourth-order valence-corrected chi connectivity index (χ4v) is 2.68. The smallest absolute Gasteiger partial charge is 0.115 e. The number of hydrogen-bond acceptors (Lipinski definition) is 4. The summed E-state index contributed by atoms with van der Waals surface area (Å²) in [5.41, 5.74) is 7.00. The second kappa shape index (κ2) is 6.07. The predicted octanol–water partition coefficient (Wildman–Crippen LogP) is 1.74. The van der Waals surface area contributed by atoms with Gasteiger partial charge in [0.15, 0.2) is 0 Å². The van der Waals surface area contributed by atoms with Crippen molar-refractivity contribution < 1.29 is 0 Å². The van der Waals surface area contributed by atoms with E-state index in [0.29, 0.717) is 12.6 Å². The van der Waals surface area contributed by atoms with Crippen LogP contribution in [0.5, 0.6) is 0 Å². The van der Waals surface area contributed by atoms with Gasteiger partial charge in [-0.25, -0.2) is 9.97 Å². The molecule has 0 saturated carbocycles. The van der Waals surface area contributed by atoms with Gasteiger partial charge in [-0.3, -0.25) is 4.90 Å². The number of aromatic nitrogens is 2. The van der Waals surface area contributed by atoms with Gasteiger partial charge in [0.25, 0.3) is 0 Å². The van der Waals surface area contributed by atoms with Crippen LogP contribution < -0.4 is 5.73 Å². The highest BCUT2D eigenvalue weighted by atomic mass is 15.2. The molecule has 1 aliphatic rings. The first-order valence-corrected chi connectivity index (χ1v) is 6.54. The van der Waals surface area contributed by atoms with E-state index in [1.54, 1.807) is 12.5 Å². The Morgan fingerprint density at radius 3 is 3.06 bits per heavy atom. The Hall–Kier alpha value is -1.00. The highest BCUT2D eigenvalue weighted by Crippen LogP contribution is 2.25. The third-order valence-electron chi connectivity index (χ3n) is 3.67. The average Bonchev–Trinajstić information content (AvgIpc) is 2.58. The van der Waals surface area contributed by atoms with Crippen LogP contribution in [-0.4, -0.2) is 34.0 Å². The maximum absolute atomic E-state index is 5.95. The van der Waals surface area contributed by atoms with Crippen molar-refractivity contribution in [3.8, 4) is 0 Å². The van der Waals surface area contributed by atoms with Crippen LogP contribution in [0.25, 0.3) is 0 Å². The van der Waals surface area contributed by atoms with Crippen molar-refractivity contribution in [3.63, 3.8) is 0 Å². The SMILES string of the molecule is CC1CCCCCN1C(CN)c1ccncn1. The van der Waals surface area contributed by atoms with Gasteiger partial charge in [0.2, 0.25) is 0 Å². The molecule has 1 aromatic heterocycles. The predicted molar refractivity (Wildman–Crippen MR) is 68.5 cm³/mol. The zero-order chi connectivity index (χ0) is 12.1. The normalized spacial score (nSPS) is 24.2. The molecule has 2 rings (SSSR count). The lowest BCUT2D eigenvalue weighted by atomic mass is 10.1. The van der Waals surface area contributed by atoms with E-state index in [-0.39, 0.29) is 6.04 Å². The molecule has 1 aliphatic heterocycles. The minimum atomic E-state index is 0.242. The molecular weight excluding hydrogens is 212 g/mol. The molecule has 2 heterocycles. The summed E-state index contributed by atoms with van der Waals surface area (Å²) in [5.74, 6) is 0. The quantitative estimate of drug-likeness (QED) is 0.865. The lowest BCUT2D eigenvalue weighted by molar-refractivity contribution is 0.148. The summed E-state index contributed by atoms with van der Waals surface area (Å²) in [6.45, 7) is 4.06. The van der Waals surface area contributed by atoms with Crippen molar-refractivity contribution in [3.05, 3.63) is 24.3 Å². The number of likely N-dealkylation sites (tertiary alicyclic amines) is 1. The lowest BCUT2D eigenvalue weighted by Crippen LogP contribution is -2.40. The number of rotatable bonds is 3. The van der Waals surface area contributed by atoms with Crippen molar-refractivity contribution in [2.75, 3.05) is 13.1 Å². The van der Waals surface area contributed by atoms with Crippen LogP contribution in [0.2, 0.25) is 0 Å². The average molecular weight is 234 g/mol. The Morgan fingerprint density at radius 2 is 2.35 bits per heavy atom. The highest BCUT2D eigenvalue weighted by Gasteiger charge is 2.25. The second-order valence-corrected chi connectivity index (χ2v) is 4.82. The first-order valence-electron chi connectivity index (χ1n) is 6.54. The lowest BCUT2D eigenvalue weighted by Gasteiger charge is -2.34. The van der Waals surface area contributed by atoms with Crippen molar-refractivity contribution in [2.45, 2.75) is 44.7 Å². The number of nitrogens with two attached hydrogens (primary N) is 1. The third-order valence-corrected chi connectivity index (χ3v) is 3.67. The van der Waals surface area contributed by atoms with Crippen LogP contribution in [0.1, 0.15) is 44.3 Å². The molecule has 1 aromatic rings. The van der Waals surface area contributed by atoms with Crippen molar-refractivity contribution in [2.24, 2.45) is 5.73 Å². The van der Waals surface area contributed by atoms with Crippen molar-refractivity contribution in [1.82, 2.24) is 14.9 Å². The van der Waals surface area contributed by atoms with Crippen LogP contribution in [0.4, 0.5) is 0 Å². The van der Waals surface area contributed by atoms with Crippen LogP contribution in [0, 0.1) is 0 Å². The monoisotopic (exact) mass is 234 g/mol. The number of nitrogens with zero attached hydrogens (tertiary/aromatic N) is 3. The first kappa shape index (κ1) is 12.5. The fraction of sp³-hybridized carbons (Fsp3) is 0.692. The van der Waals surface area contributed by atoms with Crippen molar-refractivity contribution in [1.29, 1.82) is 0 Å². The Balaban J connectivity index is 2.16. The summed E-state index contributed by atoms with van der Waals surface area (Å²) in [4.78, 5) is 10.8. The van der Waals surface area contributed by atoms with E-state index >= 15 is 0 Å². The van der Waals surface area contributed by atoms with Crippen molar-refractivity contribution >= 4 is 0 Å². The van der Waals surface area contributed by atoms with Crippen LogP contribution in [0.15, 0.2) is 18.6 Å². The summed E-state index contributed by atoms with van der Waals surface area (Å²) >= 11 is 0. The molecule has 2 N–H and O–H groups in total. The minimum Gasteiger partial charge on any atom is -0.329 e. The molecule has 2 atom stereocenters. The minimum absolute atomic E-state index is 0.242. The fourth-order valence-electron chi connectivity index (χ4n) is 2.68. The zero-order valence-electron chi connectivity index (χ0n) is 10.5. The van der Waals surface area contributed by atoms with E-state index in [4.69, 9.17) is 5.73 Å². The summed E-state index contributed by atoms with van der Waals surface area (Å²) in [7, 11) is 0. The molecule has 1 fully saturated rings. The molecule has 0 aromatic carbocycles. The van der Waals surface area contributed by atoms with Gasteiger partial charge >= 0.3 is 0 Å². The van der Waals surface area contributed by atoms with Crippen LogP contribution in [-0.2, 0) is 0 Å². The Bertz CT molecular complexity index is 327. The zero-order valence-corrected chi connectivity index (χ0v) is 10.5. The van der Waals surface area contributed by atoms with Gasteiger partial charge in [0.05, 0.1) is 11.7 Å². The molecule has 2 unspecified atom stereocenters. The van der Waals surface area contributed by atoms with Gasteiger partial charge in [-0.05, 0) is 32.4 Å². The van der Waals surface area contributed by atoms with Crippen LogP contribution >= 0.6 is 0 Å². The maximum Gasteiger partial charge on any atom is 0.115 e. The summed E-state index contributed by atoms with van der Waals surface area (Å²) in [5, 5.41) is 0. The molecule has 4 nitrogen and oxygen atoms in total. The molecule has 17 heavy (non-hydrogen) atoms. The topological polar surface area (TPSA) is 55.0 Å². The summed E-state index contributed by atoms with van der Waals surface area (Å²) in [6.07, 6.45) is 8.61. The van der Waals surface area contributed by atoms with Gasteiger partial charge in [-0.15, -0.1) is 0 Å². The molecular formula is C13H22N4. The van der Waals surface area contributed by atoms with E-state index < -0.39 is 0 Å². The summed E-state index contributed by atoms with van der Waals surface area (Å²) < 4.78 is 0. The first-order chi connectivity index (χ1) is 8.33. The second-order valence-electron chi connectivity index (χ2n) is 4.82. The number of hydrogen-bond donors (Lipinski definition) is 1. The largest absolute Gasteiger partial charge is 0.329 e. The molecule has 0 aliphatic carbocycles. The van der Waals surface area contributed by atoms with E-state index in [0.717, 1.165) is 12.2 Å². The molecule has 0 radical (unpaired) electrons. The Kier molecular flexibility index (Phi) is 4.45. The Morgan fingerprint density at radius 1 is 1.47 bits per heavy atom. The van der Waals surface area contributed by atoms with Gasteiger partial charge in [-0.1, -0.05) is 12.8 Å². The molecule has 1 saturated heterocycles. The molecule has 94 valence electrons. The molecule has 0 amide bonds. The van der Waals surface area contributed by atoms with Gasteiger partial charge in [-0.2, -0.15) is 0 Å². The Labute approximate surface area is 103 Å². The van der Waals surface area contributed by atoms with E-state index in [1.807, 2.05) is 6.07 Å².